The lowest BCUT2D eigenvalue weighted by atomic mass is 9.79. The summed E-state index contributed by atoms with van der Waals surface area (Å²) in [6.07, 6.45) is 2.06. The number of likely N-dealkylation sites (tertiary alicyclic amines) is 1. The zero-order valence-electron chi connectivity index (χ0n) is 13.9. The zero-order valence-corrected chi connectivity index (χ0v) is 13.9. The van der Waals surface area contributed by atoms with Crippen LogP contribution >= 0.6 is 0 Å². The molecule has 0 aliphatic carbocycles. The van der Waals surface area contributed by atoms with Gasteiger partial charge in [0.25, 0.3) is 5.91 Å². The number of rotatable bonds is 6. The molecule has 1 spiro atoms. The van der Waals surface area contributed by atoms with Gasteiger partial charge in [0.1, 0.15) is 11.4 Å². The second kappa shape index (κ2) is 6.89. The Balaban J connectivity index is 1.46. The number of carbonyl (C=O) groups excluding carboxylic acids is 1. The molecule has 2 saturated heterocycles. The van der Waals surface area contributed by atoms with Crippen LogP contribution in [0.25, 0.3) is 0 Å². The largest absolute Gasteiger partial charge is 0.484 e. The smallest absolute Gasteiger partial charge is 0.260 e. The molecule has 2 heterocycles. The van der Waals surface area contributed by atoms with E-state index in [1.165, 1.54) is 5.56 Å². The minimum atomic E-state index is -0.141. The standard InChI is InChI=1S/C18H25NO4/c1-14-3-5-16(6-4-14)22-11-17(20)19-12-18(13-19)15(7-9-21-2)8-10-23-18/h3-6,15H,7-13H2,1-2H3/t15-/m0/s1. The summed E-state index contributed by atoms with van der Waals surface area (Å²) < 4.78 is 16.7. The number of amides is 1. The number of nitrogens with zero attached hydrogens (tertiary/aromatic N) is 1. The lowest BCUT2D eigenvalue weighted by molar-refractivity contribution is -0.167. The summed E-state index contributed by atoms with van der Waals surface area (Å²) in [4.78, 5) is 14.1. The fourth-order valence-corrected chi connectivity index (χ4v) is 3.45. The molecular weight excluding hydrogens is 294 g/mol. The monoisotopic (exact) mass is 319 g/mol. The van der Waals surface area contributed by atoms with Crippen LogP contribution in [0.2, 0.25) is 0 Å². The second-order valence-corrected chi connectivity index (χ2v) is 6.53. The molecule has 0 N–H and O–H groups in total. The van der Waals surface area contributed by atoms with E-state index in [2.05, 4.69) is 0 Å². The maximum Gasteiger partial charge on any atom is 0.260 e. The van der Waals surface area contributed by atoms with Crippen LogP contribution < -0.4 is 4.74 Å². The third-order valence-corrected chi connectivity index (χ3v) is 4.92. The Bertz CT molecular complexity index is 536. The van der Waals surface area contributed by atoms with Crippen molar-refractivity contribution in [2.45, 2.75) is 25.4 Å². The average Bonchev–Trinajstić information content (AvgIpc) is 2.94. The van der Waals surface area contributed by atoms with Crippen LogP contribution in [0, 0.1) is 12.8 Å². The number of hydrogen-bond acceptors (Lipinski definition) is 4. The molecular formula is C18H25NO4. The summed E-state index contributed by atoms with van der Waals surface area (Å²) in [5, 5.41) is 0. The Morgan fingerprint density at radius 3 is 2.78 bits per heavy atom. The highest BCUT2D eigenvalue weighted by Gasteiger charge is 2.54. The van der Waals surface area contributed by atoms with Gasteiger partial charge in [-0.05, 0) is 37.8 Å². The molecule has 0 aromatic heterocycles. The normalized spacial score (nSPS) is 22.2. The quantitative estimate of drug-likeness (QED) is 0.805. The number of hydrogen-bond donors (Lipinski definition) is 0. The van der Waals surface area contributed by atoms with Gasteiger partial charge in [-0.25, -0.2) is 0 Å². The van der Waals surface area contributed by atoms with Crippen molar-refractivity contribution in [3.8, 4) is 5.75 Å². The van der Waals surface area contributed by atoms with Crippen molar-refractivity contribution in [3.63, 3.8) is 0 Å². The van der Waals surface area contributed by atoms with Gasteiger partial charge in [-0.2, -0.15) is 0 Å². The SMILES string of the molecule is COCC[C@H]1CCOC12CN(C(=O)COc1ccc(C)cc1)C2. The second-order valence-electron chi connectivity index (χ2n) is 6.53. The molecule has 2 aliphatic heterocycles. The van der Waals surface area contributed by atoms with E-state index in [1.807, 2.05) is 36.1 Å². The van der Waals surface area contributed by atoms with Crippen LogP contribution in [0.15, 0.2) is 24.3 Å². The highest BCUT2D eigenvalue weighted by atomic mass is 16.5. The molecule has 2 aliphatic rings. The Morgan fingerprint density at radius 1 is 1.35 bits per heavy atom. The summed E-state index contributed by atoms with van der Waals surface area (Å²) in [5.41, 5.74) is 1.03. The summed E-state index contributed by atoms with van der Waals surface area (Å²) in [6, 6.07) is 7.73. The Kier molecular flexibility index (Phi) is 4.87. The van der Waals surface area contributed by atoms with Gasteiger partial charge in [0, 0.05) is 20.3 Å². The van der Waals surface area contributed by atoms with Crippen LogP contribution in [0.1, 0.15) is 18.4 Å². The molecule has 0 radical (unpaired) electrons. The van der Waals surface area contributed by atoms with Crippen molar-refractivity contribution in [1.29, 1.82) is 0 Å². The van der Waals surface area contributed by atoms with Crippen molar-refractivity contribution in [2.75, 3.05) is 40.0 Å². The van der Waals surface area contributed by atoms with E-state index >= 15 is 0 Å². The predicted molar refractivity (Wildman–Crippen MR) is 86.5 cm³/mol. The van der Waals surface area contributed by atoms with Crippen molar-refractivity contribution >= 4 is 5.91 Å². The highest BCUT2D eigenvalue weighted by molar-refractivity contribution is 5.79. The highest BCUT2D eigenvalue weighted by Crippen LogP contribution is 2.41. The summed E-state index contributed by atoms with van der Waals surface area (Å²) in [5.74, 6) is 1.25. The van der Waals surface area contributed by atoms with E-state index in [0.717, 1.165) is 31.8 Å². The molecule has 1 aromatic rings. The van der Waals surface area contributed by atoms with E-state index in [9.17, 15) is 4.79 Å². The summed E-state index contributed by atoms with van der Waals surface area (Å²) in [6.45, 7) is 5.00. The summed E-state index contributed by atoms with van der Waals surface area (Å²) in [7, 11) is 1.72. The zero-order chi connectivity index (χ0) is 16.3. The first-order valence-corrected chi connectivity index (χ1v) is 8.23. The topological polar surface area (TPSA) is 48.0 Å². The molecule has 5 heteroatoms. The van der Waals surface area contributed by atoms with E-state index in [4.69, 9.17) is 14.2 Å². The number of methoxy groups -OCH3 is 1. The van der Waals surface area contributed by atoms with Gasteiger partial charge in [0.15, 0.2) is 6.61 Å². The van der Waals surface area contributed by atoms with Gasteiger partial charge in [-0.15, -0.1) is 0 Å². The first-order valence-electron chi connectivity index (χ1n) is 8.23. The minimum absolute atomic E-state index is 0.0252. The van der Waals surface area contributed by atoms with Gasteiger partial charge >= 0.3 is 0 Å². The van der Waals surface area contributed by atoms with Gasteiger partial charge in [-0.1, -0.05) is 17.7 Å². The minimum Gasteiger partial charge on any atom is -0.484 e. The number of benzene rings is 1. The molecule has 1 amide bonds. The van der Waals surface area contributed by atoms with Crippen molar-refractivity contribution in [2.24, 2.45) is 5.92 Å². The maximum absolute atomic E-state index is 12.2. The van der Waals surface area contributed by atoms with E-state index in [-0.39, 0.29) is 18.1 Å². The lowest BCUT2D eigenvalue weighted by Crippen LogP contribution is -2.66. The molecule has 0 unspecified atom stereocenters. The van der Waals surface area contributed by atoms with Gasteiger partial charge < -0.3 is 19.1 Å². The Labute approximate surface area is 137 Å². The van der Waals surface area contributed by atoms with Crippen LogP contribution in [0.3, 0.4) is 0 Å². The number of aryl methyl sites for hydroxylation is 1. The maximum atomic E-state index is 12.2. The van der Waals surface area contributed by atoms with Crippen molar-refractivity contribution in [3.05, 3.63) is 29.8 Å². The molecule has 0 saturated carbocycles. The van der Waals surface area contributed by atoms with Crippen LogP contribution in [-0.2, 0) is 14.3 Å². The van der Waals surface area contributed by atoms with Gasteiger partial charge in [0.05, 0.1) is 13.1 Å². The Morgan fingerprint density at radius 2 is 2.09 bits per heavy atom. The number of ether oxygens (including phenoxy) is 3. The molecule has 0 bridgehead atoms. The van der Waals surface area contributed by atoms with Crippen LogP contribution in [0.4, 0.5) is 0 Å². The van der Waals surface area contributed by atoms with E-state index in [1.54, 1.807) is 7.11 Å². The lowest BCUT2D eigenvalue weighted by Gasteiger charge is -2.50. The Hall–Kier alpha value is -1.59. The van der Waals surface area contributed by atoms with Crippen molar-refractivity contribution < 1.29 is 19.0 Å². The average molecular weight is 319 g/mol. The van der Waals surface area contributed by atoms with Crippen LogP contribution in [0.5, 0.6) is 5.75 Å². The van der Waals surface area contributed by atoms with E-state index in [0.29, 0.717) is 19.0 Å². The predicted octanol–water partition coefficient (Wildman–Crippen LogP) is 2.03. The van der Waals surface area contributed by atoms with E-state index < -0.39 is 0 Å². The molecule has 3 rings (SSSR count). The van der Waals surface area contributed by atoms with Gasteiger partial charge in [-0.3, -0.25) is 4.79 Å². The third kappa shape index (κ3) is 3.51. The molecule has 23 heavy (non-hydrogen) atoms. The number of carbonyl (C=O) groups is 1. The fraction of sp³-hybridized carbons (Fsp3) is 0.611. The first-order chi connectivity index (χ1) is 11.1. The molecule has 1 aromatic carbocycles. The van der Waals surface area contributed by atoms with Crippen molar-refractivity contribution in [1.82, 2.24) is 4.90 Å². The molecule has 1 atom stereocenters. The first kappa shape index (κ1) is 16.3. The summed E-state index contributed by atoms with van der Waals surface area (Å²) >= 11 is 0. The van der Waals surface area contributed by atoms with Gasteiger partial charge in [0.2, 0.25) is 0 Å². The molecule has 2 fully saturated rings. The third-order valence-electron chi connectivity index (χ3n) is 4.92. The fourth-order valence-electron chi connectivity index (χ4n) is 3.45. The van der Waals surface area contributed by atoms with Crippen LogP contribution in [-0.4, -0.2) is 56.4 Å². The molecule has 5 nitrogen and oxygen atoms in total. The molecule has 126 valence electrons.